The van der Waals surface area contributed by atoms with E-state index >= 15 is 0 Å². The smallest absolute Gasteiger partial charge is 0.241 e. The second-order valence-corrected chi connectivity index (χ2v) is 8.23. The van der Waals surface area contributed by atoms with Gasteiger partial charge in [0, 0.05) is 11.3 Å². The van der Waals surface area contributed by atoms with Crippen molar-refractivity contribution in [2.75, 3.05) is 5.75 Å². The van der Waals surface area contributed by atoms with Crippen molar-refractivity contribution in [1.29, 1.82) is 0 Å². The first kappa shape index (κ1) is 15.4. The van der Waals surface area contributed by atoms with E-state index in [-0.39, 0.29) is 12.2 Å². The van der Waals surface area contributed by atoms with E-state index in [0.29, 0.717) is 11.9 Å². The Morgan fingerprint density at radius 2 is 2.29 bits per heavy atom. The number of hydrogen-bond acceptors (Lipinski definition) is 4. The lowest BCUT2D eigenvalue weighted by molar-refractivity contribution is -0.132. The van der Waals surface area contributed by atoms with Gasteiger partial charge in [0.1, 0.15) is 6.17 Å². The van der Waals surface area contributed by atoms with Gasteiger partial charge in [-0.25, -0.2) is 0 Å². The van der Waals surface area contributed by atoms with Gasteiger partial charge in [0.25, 0.3) is 0 Å². The van der Waals surface area contributed by atoms with E-state index in [0.717, 1.165) is 24.5 Å². The summed E-state index contributed by atoms with van der Waals surface area (Å²) in [5.74, 6) is 1.48. The van der Waals surface area contributed by atoms with Gasteiger partial charge in [-0.2, -0.15) is 23.1 Å². The predicted octanol–water partition coefficient (Wildman–Crippen LogP) is 3.63. The van der Waals surface area contributed by atoms with Gasteiger partial charge in [-0.1, -0.05) is 13.8 Å². The van der Waals surface area contributed by atoms with E-state index < -0.39 is 0 Å². The van der Waals surface area contributed by atoms with Gasteiger partial charge in [-0.15, -0.1) is 0 Å². The number of carbonyl (C=O) groups excluding carboxylic acids is 1. The molecule has 0 aromatic carbocycles. The van der Waals surface area contributed by atoms with E-state index in [1.165, 1.54) is 17.7 Å². The Hall–Kier alpha value is -0.520. The Morgan fingerprint density at radius 1 is 1.43 bits per heavy atom. The SMILES string of the molecule is CCSC1CCC(N2C(=O)C(CC)NC2c2ccsc2)C1. The molecule has 21 heavy (non-hydrogen) atoms. The zero-order chi connectivity index (χ0) is 14.8. The highest BCUT2D eigenvalue weighted by Gasteiger charge is 2.44. The average molecular weight is 325 g/mol. The van der Waals surface area contributed by atoms with Crippen molar-refractivity contribution >= 4 is 29.0 Å². The van der Waals surface area contributed by atoms with Crippen molar-refractivity contribution in [2.45, 2.75) is 63.0 Å². The molecule has 1 saturated carbocycles. The van der Waals surface area contributed by atoms with Crippen LogP contribution in [-0.4, -0.2) is 33.9 Å². The van der Waals surface area contributed by atoms with Crippen molar-refractivity contribution in [3.8, 4) is 0 Å². The van der Waals surface area contributed by atoms with E-state index in [1.54, 1.807) is 11.3 Å². The Morgan fingerprint density at radius 3 is 2.95 bits per heavy atom. The van der Waals surface area contributed by atoms with Crippen LogP contribution in [0.15, 0.2) is 16.8 Å². The lowest BCUT2D eigenvalue weighted by Crippen LogP contribution is -2.38. The molecule has 0 spiro atoms. The number of nitrogens with zero attached hydrogens (tertiary/aromatic N) is 1. The third kappa shape index (κ3) is 3.01. The number of carbonyl (C=O) groups is 1. The van der Waals surface area contributed by atoms with Crippen LogP contribution in [-0.2, 0) is 4.79 Å². The maximum absolute atomic E-state index is 12.8. The van der Waals surface area contributed by atoms with Crippen LogP contribution in [0.4, 0.5) is 0 Å². The lowest BCUT2D eigenvalue weighted by atomic mass is 10.1. The summed E-state index contributed by atoms with van der Waals surface area (Å²) in [5.41, 5.74) is 1.25. The van der Waals surface area contributed by atoms with E-state index in [4.69, 9.17) is 0 Å². The second kappa shape index (κ2) is 6.71. The maximum Gasteiger partial charge on any atom is 0.241 e. The first-order chi connectivity index (χ1) is 10.2. The number of thiophene rings is 1. The standard InChI is InChI=1S/C16H24N2OS2/c1-3-14-16(19)18(12-5-6-13(9-12)21-4-2)15(17-14)11-7-8-20-10-11/h7-8,10,12-15,17H,3-6,9H2,1-2H3. The monoisotopic (exact) mass is 324 g/mol. The summed E-state index contributed by atoms with van der Waals surface area (Å²) in [5, 5.41) is 8.55. The number of thioether (sulfide) groups is 1. The van der Waals surface area contributed by atoms with Gasteiger partial charge >= 0.3 is 0 Å². The molecule has 2 heterocycles. The van der Waals surface area contributed by atoms with Crippen molar-refractivity contribution < 1.29 is 4.79 Å². The zero-order valence-electron chi connectivity index (χ0n) is 12.7. The van der Waals surface area contributed by atoms with Crippen molar-refractivity contribution in [3.63, 3.8) is 0 Å². The third-order valence-corrected chi connectivity index (χ3v) is 6.54. The molecule has 1 aliphatic carbocycles. The molecule has 116 valence electrons. The molecule has 2 fully saturated rings. The quantitative estimate of drug-likeness (QED) is 0.897. The average Bonchev–Trinajstić information content (AvgIpc) is 3.18. The van der Waals surface area contributed by atoms with Crippen LogP contribution >= 0.6 is 23.1 Å². The minimum Gasteiger partial charge on any atom is -0.319 e. The number of rotatable bonds is 5. The molecule has 3 rings (SSSR count). The summed E-state index contributed by atoms with van der Waals surface area (Å²) in [7, 11) is 0. The fraction of sp³-hybridized carbons (Fsp3) is 0.688. The van der Waals surface area contributed by atoms with Crippen LogP contribution in [0.5, 0.6) is 0 Å². The molecule has 1 saturated heterocycles. The van der Waals surface area contributed by atoms with Crippen LogP contribution in [0.2, 0.25) is 0 Å². The summed E-state index contributed by atoms with van der Waals surface area (Å²) < 4.78 is 0. The first-order valence-corrected chi connectivity index (χ1v) is 9.95. The molecule has 1 aromatic rings. The minimum absolute atomic E-state index is 0.00669. The van der Waals surface area contributed by atoms with E-state index in [2.05, 4.69) is 52.7 Å². The fourth-order valence-electron chi connectivity index (χ4n) is 3.58. The second-order valence-electron chi connectivity index (χ2n) is 5.88. The summed E-state index contributed by atoms with van der Waals surface area (Å²) in [6.45, 7) is 4.32. The Bertz CT molecular complexity index is 477. The van der Waals surface area contributed by atoms with E-state index in [9.17, 15) is 4.79 Å². The molecule has 0 bridgehead atoms. The zero-order valence-corrected chi connectivity index (χ0v) is 14.4. The maximum atomic E-state index is 12.8. The van der Waals surface area contributed by atoms with Crippen LogP contribution < -0.4 is 5.32 Å². The van der Waals surface area contributed by atoms with Gasteiger partial charge in [0.05, 0.1) is 6.04 Å². The molecule has 2 aliphatic rings. The molecule has 1 aliphatic heterocycles. The van der Waals surface area contributed by atoms with Crippen LogP contribution in [0.25, 0.3) is 0 Å². The van der Waals surface area contributed by atoms with Gasteiger partial charge in [-0.05, 0) is 53.8 Å². The molecule has 1 aromatic heterocycles. The summed E-state index contributed by atoms with van der Waals surface area (Å²) in [6, 6.07) is 2.55. The summed E-state index contributed by atoms with van der Waals surface area (Å²) in [4.78, 5) is 14.9. The van der Waals surface area contributed by atoms with Gasteiger partial charge in [0.15, 0.2) is 0 Å². The van der Waals surface area contributed by atoms with Crippen molar-refractivity contribution in [2.24, 2.45) is 0 Å². The third-order valence-electron chi connectivity index (χ3n) is 4.61. The number of amides is 1. The molecular weight excluding hydrogens is 300 g/mol. The normalized spacial score (nSPS) is 33.0. The van der Waals surface area contributed by atoms with Crippen molar-refractivity contribution in [1.82, 2.24) is 10.2 Å². The molecular formula is C16H24N2OS2. The Labute approximate surface area is 135 Å². The molecule has 4 atom stereocenters. The Balaban J connectivity index is 1.78. The van der Waals surface area contributed by atoms with E-state index in [1.807, 2.05) is 0 Å². The molecule has 4 unspecified atom stereocenters. The summed E-state index contributed by atoms with van der Waals surface area (Å²) >= 11 is 3.76. The van der Waals surface area contributed by atoms with Crippen LogP contribution in [0.1, 0.15) is 51.3 Å². The van der Waals surface area contributed by atoms with Crippen LogP contribution in [0.3, 0.4) is 0 Å². The lowest BCUT2D eigenvalue weighted by Gasteiger charge is -2.30. The molecule has 3 nitrogen and oxygen atoms in total. The van der Waals surface area contributed by atoms with Gasteiger partial charge < -0.3 is 4.90 Å². The highest BCUT2D eigenvalue weighted by atomic mass is 32.2. The van der Waals surface area contributed by atoms with Crippen molar-refractivity contribution in [3.05, 3.63) is 22.4 Å². The van der Waals surface area contributed by atoms with Gasteiger partial charge in [0.2, 0.25) is 5.91 Å². The Kier molecular flexibility index (Phi) is 4.92. The molecule has 5 heteroatoms. The van der Waals surface area contributed by atoms with Crippen LogP contribution in [0, 0.1) is 0 Å². The highest BCUT2D eigenvalue weighted by molar-refractivity contribution is 7.99. The van der Waals surface area contributed by atoms with Gasteiger partial charge in [-0.3, -0.25) is 10.1 Å². The predicted molar refractivity (Wildman–Crippen MR) is 90.7 cm³/mol. The molecule has 1 N–H and O–H groups in total. The largest absolute Gasteiger partial charge is 0.319 e. The fourth-order valence-corrected chi connectivity index (χ4v) is 5.39. The highest BCUT2D eigenvalue weighted by Crippen LogP contribution is 2.38. The number of nitrogens with one attached hydrogen (secondary N) is 1. The molecule has 0 radical (unpaired) electrons. The first-order valence-electron chi connectivity index (χ1n) is 7.96. The minimum atomic E-state index is -0.00669. The number of hydrogen-bond donors (Lipinski definition) is 1. The summed E-state index contributed by atoms with van der Waals surface area (Å²) in [6.07, 6.45) is 4.52. The topological polar surface area (TPSA) is 32.3 Å². The molecule has 1 amide bonds.